The van der Waals surface area contributed by atoms with Crippen molar-refractivity contribution in [2.24, 2.45) is 0 Å². The van der Waals surface area contributed by atoms with Gasteiger partial charge in [-0.15, -0.1) is 0 Å². The van der Waals surface area contributed by atoms with Crippen molar-refractivity contribution in [1.29, 1.82) is 0 Å². The molecule has 0 saturated heterocycles. The Balaban J connectivity index is 2.71. The summed E-state index contributed by atoms with van der Waals surface area (Å²) in [6.07, 6.45) is 0.802. The molecule has 1 rings (SSSR count). The predicted molar refractivity (Wildman–Crippen MR) is 66.3 cm³/mol. The third-order valence-electron chi connectivity index (χ3n) is 2.72. The molecule has 17 heavy (non-hydrogen) atoms. The number of rotatable bonds is 5. The summed E-state index contributed by atoms with van der Waals surface area (Å²) >= 11 is 0. The van der Waals surface area contributed by atoms with E-state index in [1.54, 1.807) is 44.2 Å². The Kier molecular flexibility index (Phi) is 4.97. The zero-order valence-electron chi connectivity index (χ0n) is 10.6. The molecule has 0 aliphatic rings. The maximum absolute atomic E-state index is 12.1. The molecule has 0 fully saturated rings. The molecule has 0 unspecified atom stereocenters. The van der Waals surface area contributed by atoms with Gasteiger partial charge in [0, 0.05) is 38.4 Å². The minimum absolute atomic E-state index is 0.0745. The first-order valence-corrected chi connectivity index (χ1v) is 5.61. The van der Waals surface area contributed by atoms with E-state index < -0.39 is 0 Å². The Morgan fingerprint density at radius 3 is 2.82 bits per heavy atom. The largest absolute Gasteiger partial charge is 0.508 e. The molecule has 1 amide bonds. The van der Waals surface area contributed by atoms with Crippen LogP contribution in [0.5, 0.6) is 5.75 Å². The Hall–Kier alpha value is -1.55. The topological polar surface area (TPSA) is 49.8 Å². The second-order valence-corrected chi connectivity index (χ2v) is 4.02. The van der Waals surface area contributed by atoms with Gasteiger partial charge in [-0.25, -0.2) is 0 Å². The second kappa shape index (κ2) is 6.25. The van der Waals surface area contributed by atoms with Crippen LogP contribution in [0.1, 0.15) is 22.3 Å². The fourth-order valence-corrected chi connectivity index (χ4v) is 1.61. The van der Waals surface area contributed by atoms with E-state index in [9.17, 15) is 9.90 Å². The monoisotopic (exact) mass is 237 g/mol. The summed E-state index contributed by atoms with van der Waals surface area (Å²) in [4.78, 5) is 13.7. The van der Waals surface area contributed by atoms with Gasteiger partial charge in [0.05, 0.1) is 0 Å². The molecule has 1 N–H and O–H groups in total. The molecule has 0 atom stereocenters. The minimum atomic E-state index is -0.0745. The first-order chi connectivity index (χ1) is 8.07. The van der Waals surface area contributed by atoms with E-state index in [2.05, 4.69) is 0 Å². The van der Waals surface area contributed by atoms with Gasteiger partial charge in [0.25, 0.3) is 5.91 Å². The van der Waals surface area contributed by atoms with Gasteiger partial charge in [-0.05, 0) is 25.5 Å². The van der Waals surface area contributed by atoms with Crippen molar-refractivity contribution in [2.45, 2.75) is 13.3 Å². The summed E-state index contributed by atoms with van der Waals surface area (Å²) < 4.78 is 4.94. The Bertz CT molecular complexity index is 390. The van der Waals surface area contributed by atoms with E-state index in [1.165, 1.54) is 0 Å². The molecular formula is C13H19NO3. The highest BCUT2D eigenvalue weighted by Gasteiger charge is 2.15. The zero-order chi connectivity index (χ0) is 12.8. The summed E-state index contributed by atoms with van der Waals surface area (Å²) in [7, 11) is 3.39. The van der Waals surface area contributed by atoms with Crippen molar-refractivity contribution < 1.29 is 14.6 Å². The molecule has 4 heteroatoms. The van der Waals surface area contributed by atoms with Gasteiger partial charge in [-0.2, -0.15) is 0 Å². The first-order valence-electron chi connectivity index (χ1n) is 5.61. The standard InChI is InChI=1S/C13H19NO3/c1-10-11(6-4-7-12(10)15)13(16)14(2)8-5-9-17-3/h4,6-7,15H,5,8-9H2,1-3H3. The van der Waals surface area contributed by atoms with Crippen LogP contribution in [0, 0.1) is 6.92 Å². The van der Waals surface area contributed by atoms with Crippen LogP contribution in [0.2, 0.25) is 0 Å². The summed E-state index contributed by atoms with van der Waals surface area (Å²) in [6.45, 7) is 3.02. The van der Waals surface area contributed by atoms with E-state index >= 15 is 0 Å². The van der Waals surface area contributed by atoms with Crippen LogP contribution >= 0.6 is 0 Å². The van der Waals surface area contributed by atoms with E-state index in [0.29, 0.717) is 24.3 Å². The number of phenols is 1. The lowest BCUT2D eigenvalue weighted by Crippen LogP contribution is -2.28. The van der Waals surface area contributed by atoms with Gasteiger partial charge < -0.3 is 14.7 Å². The first kappa shape index (κ1) is 13.5. The number of methoxy groups -OCH3 is 1. The van der Waals surface area contributed by atoms with Crippen molar-refractivity contribution in [3.8, 4) is 5.75 Å². The maximum Gasteiger partial charge on any atom is 0.254 e. The van der Waals surface area contributed by atoms with E-state index in [4.69, 9.17) is 4.74 Å². The molecule has 0 radical (unpaired) electrons. The Morgan fingerprint density at radius 2 is 2.18 bits per heavy atom. The maximum atomic E-state index is 12.1. The fourth-order valence-electron chi connectivity index (χ4n) is 1.61. The average Bonchev–Trinajstić information content (AvgIpc) is 2.32. The van der Waals surface area contributed by atoms with Gasteiger partial charge in [0.2, 0.25) is 0 Å². The number of aromatic hydroxyl groups is 1. The molecule has 1 aromatic rings. The number of hydrogen-bond donors (Lipinski definition) is 1. The van der Waals surface area contributed by atoms with Crippen LogP contribution in [0.3, 0.4) is 0 Å². The van der Waals surface area contributed by atoms with Crippen LogP contribution in [0.4, 0.5) is 0 Å². The van der Waals surface area contributed by atoms with Crippen LogP contribution in [-0.2, 0) is 4.74 Å². The lowest BCUT2D eigenvalue weighted by atomic mass is 10.1. The predicted octanol–water partition coefficient (Wildman–Crippen LogP) is 1.81. The quantitative estimate of drug-likeness (QED) is 0.794. The molecule has 1 aromatic carbocycles. The molecule has 0 aliphatic heterocycles. The van der Waals surface area contributed by atoms with Crippen molar-refractivity contribution in [1.82, 2.24) is 4.90 Å². The summed E-state index contributed by atoms with van der Waals surface area (Å²) in [6, 6.07) is 4.99. The van der Waals surface area contributed by atoms with Gasteiger partial charge >= 0.3 is 0 Å². The lowest BCUT2D eigenvalue weighted by molar-refractivity contribution is 0.0778. The minimum Gasteiger partial charge on any atom is -0.508 e. The Morgan fingerprint density at radius 1 is 1.47 bits per heavy atom. The number of ether oxygens (including phenoxy) is 1. The van der Waals surface area contributed by atoms with Gasteiger partial charge in [-0.3, -0.25) is 4.79 Å². The number of phenolic OH excluding ortho intramolecular Hbond substituents is 1. The molecule has 0 heterocycles. The molecule has 0 saturated carbocycles. The van der Waals surface area contributed by atoms with Gasteiger partial charge in [0.1, 0.15) is 5.75 Å². The van der Waals surface area contributed by atoms with E-state index in [0.717, 1.165) is 6.42 Å². The molecule has 0 aromatic heterocycles. The van der Waals surface area contributed by atoms with Crippen LogP contribution in [0.15, 0.2) is 18.2 Å². The van der Waals surface area contributed by atoms with Crippen LogP contribution < -0.4 is 0 Å². The van der Waals surface area contributed by atoms with E-state index in [-0.39, 0.29) is 11.7 Å². The molecule has 0 bridgehead atoms. The molecular weight excluding hydrogens is 218 g/mol. The summed E-state index contributed by atoms with van der Waals surface area (Å²) in [5.74, 6) is 0.0793. The third kappa shape index (κ3) is 3.46. The highest BCUT2D eigenvalue weighted by atomic mass is 16.5. The number of amides is 1. The van der Waals surface area contributed by atoms with Crippen molar-refractivity contribution >= 4 is 5.91 Å². The number of benzene rings is 1. The lowest BCUT2D eigenvalue weighted by Gasteiger charge is -2.18. The van der Waals surface area contributed by atoms with Crippen molar-refractivity contribution in [2.75, 3.05) is 27.3 Å². The van der Waals surface area contributed by atoms with E-state index in [1.807, 2.05) is 0 Å². The SMILES string of the molecule is COCCCN(C)C(=O)c1cccc(O)c1C. The van der Waals surface area contributed by atoms with Gasteiger partial charge in [0.15, 0.2) is 0 Å². The average molecular weight is 237 g/mol. The van der Waals surface area contributed by atoms with Crippen molar-refractivity contribution in [3.05, 3.63) is 29.3 Å². The number of hydrogen-bond acceptors (Lipinski definition) is 3. The number of carbonyl (C=O) groups is 1. The van der Waals surface area contributed by atoms with Crippen LogP contribution in [-0.4, -0.2) is 43.2 Å². The zero-order valence-corrected chi connectivity index (χ0v) is 10.6. The highest BCUT2D eigenvalue weighted by Crippen LogP contribution is 2.20. The molecule has 0 aliphatic carbocycles. The fraction of sp³-hybridized carbons (Fsp3) is 0.462. The third-order valence-corrected chi connectivity index (χ3v) is 2.72. The molecule has 0 spiro atoms. The Labute approximate surface area is 102 Å². The molecule has 94 valence electrons. The molecule has 4 nitrogen and oxygen atoms in total. The number of carbonyl (C=O) groups excluding carboxylic acids is 1. The van der Waals surface area contributed by atoms with Crippen LogP contribution in [0.25, 0.3) is 0 Å². The number of nitrogens with zero attached hydrogens (tertiary/aromatic N) is 1. The summed E-state index contributed by atoms with van der Waals surface area (Å²) in [5.41, 5.74) is 1.17. The van der Waals surface area contributed by atoms with Crippen molar-refractivity contribution in [3.63, 3.8) is 0 Å². The summed E-state index contributed by atoms with van der Waals surface area (Å²) in [5, 5.41) is 9.55. The normalized spacial score (nSPS) is 10.3. The van der Waals surface area contributed by atoms with Gasteiger partial charge in [-0.1, -0.05) is 6.07 Å². The second-order valence-electron chi connectivity index (χ2n) is 4.02. The highest BCUT2D eigenvalue weighted by molar-refractivity contribution is 5.96. The smallest absolute Gasteiger partial charge is 0.254 e.